The lowest BCUT2D eigenvalue weighted by Gasteiger charge is -2.33. The second-order valence-corrected chi connectivity index (χ2v) is 7.38. The minimum absolute atomic E-state index is 0.101. The van der Waals surface area contributed by atoms with Gasteiger partial charge in [0.1, 0.15) is 5.75 Å². The topological polar surface area (TPSA) is 66.8 Å². The third kappa shape index (κ3) is 3.39. The van der Waals surface area contributed by atoms with E-state index in [2.05, 4.69) is 0 Å². The maximum Gasteiger partial charge on any atom is 0.243 e. The van der Waals surface area contributed by atoms with Crippen LogP contribution in [-0.2, 0) is 16.6 Å². The Morgan fingerprint density at radius 3 is 2.62 bits per heavy atom. The Hall–Kier alpha value is -1.11. The Labute approximate surface area is 126 Å². The lowest BCUT2D eigenvalue weighted by atomic mass is 9.94. The summed E-state index contributed by atoms with van der Waals surface area (Å²) in [6.07, 6.45) is 3.77. The Morgan fingerprint density at radius 2 is 2.10 bits per heavy atom. The quantitative estimate of drug-likeness (QED) is 0.837. The highest BCUT2D eigenvalue weighted by Gasteiger charge is 2.32. The van der Waals surface area contributed by atoms with Crippen LogP contribution in [0, 0.1) is 0 Å². The summed E-state index contributed by atoms with van der Waals surface area (Å²) in [6.45, 7) is 2.29. The maximum atomic E-state index is 12.6. The van der Waals surface area contributed by atoms with Crippen molar-refractivity contribution in [1.82, 2.24) is 4.31 Å². The summed E-state index contributed by atoms with van der Waals surface area (Å²) in [5.41, 5.74) is 0.506. The van der Waals surface area contributed by atoms with Crippen molar-refractivity contribution in [2.24, 2.45) is 0 Å². The average Bonchev–Trinajstić information content (AvgIpc) is 2.42. The van der Waals surface area contributed by atoms with Gasteiger partial charge in [-0.05, 0) is 37.5 Å². The monoisotopic (exact) mass is 313 g/mol. The van der Waals surface area contributed by atoms with Crippen LogP contribution < -0.4 is 4.74 Å². The number of aliphatic hydroxyl groups is 1. The average molecular weight is 313 g/mol. The molecule has 1 aliphatic carbocycles. The van der Waals surface area contributed by atoms with Crippen molar-refractivity contribution in [3.63, 3.8) is 0 Å². The van der Waals surface area contributed by atoms with E-state index in [1.165, 1.54) is 10.4 Å². The Kier molecular flexibility index (Phi) is 5.24. The summed E-state index contributed by atoms with van der Waals surface area (Å²) < 4.78 is 32.1. The first-order valence-electron chi connectivity index (χ1n) is 7.35. The van der Waals surface area contributed by atoms with Gasteiger partial charge in [0.2, 0.25) is 10.0 Å². The number of sulfonamides is 1. The fraction of sp³-hybridized carbons (Fsp3) is 0.600. The zero-order valence-corrected chi connectivity index (χ0v) is 13.4. The van der Waals surface area contributed by atoms with E-state index in [9.17, 15) is 13.5 Å². The van der Waals surface area contributed by atoms with E-state index in [1.807, 2.05) is 6.92 Å². The van der Waals surface area contributed by atoms with Crippen LogP contribution in [0.15, 0.2) is 23.1 Å². The second kappa shape index (κ2) is 6.77. The molecule has 1 fully saturated rings. The van der Waals surface area contributed by atoms with Gasteiger partial charge in [-0.3, -0.25) is 0 Å². The largest absolute Gasteiger partial charge is 0.493 e. The van der Waals surface area contributed by atoms with Crippen molar-refractivity contribution in [3.8, 4) is 5.75 Å². The van der Waals surface area contributed by atoms with Crippen LogP contribution in [0.5, 0.6) is 5.75 Å². The van der Waals surface area contributed by atoms with Crippen molar-refractivity contribution in [2.45, 2.75) is 50.2 Å². The van der Waals surface area contributed by atoms with Gasteiger partial charge in [0, 0.05) is 18.7 Å². The summed E-state index contributed by atoms with van der Waals surface area (Å²) in [4.78, 5) is 0.213. The summed E-state index contributed by atoms with van der Waals surface area (Å²) in [5, 5.41) is 9.42. The molecule has 6 heteroatoms. The molecule has 0 unspecified atom stereocenters. The minimum Gasteiger partial charge on any atom is -0.493 e. The summed E-state index contributed by atoms with van der Waals surface area (Å²) >= 11 is 0. The molecule has 0 bridgehead atoms. The smallest absolute Gasteiger partial charge is 0.243 e. The lowest BCUT2D eigenvalue weighted by Crippen LogP contribution is -2.41. The molecule has 0 saturated heterocycles. The first-order chi connectivity index (χ1) is 10.0. The molecule has 0 spiro atoms. The number of rotatable bonds is 7. The Balaban J connectivity index is 2.26. The summed E-state index contributed by atoms with van der Waals surface area (Å²) in [6, 6.07) is 4.79. The van der Waals surface area contributed by atoms with Crippen molar-refractivity contribution in [3.05, 3.63) is 23.8 Å². The van der Waals surface area contributed by atoms with E-state index < -0.39 is 10.0 Å². The number of benzene rings is 1. The van der Waals surface area contributed by atoms with Crippen LogP contribution in [-0.4, -0.2) is 37.5 Å². The number of hydrogen-bond donors (Lipinski definition) is 1. The minimum atomic E-state index is -3.50. The standard InChI is InChI=1S/C15H23NO4S/c1-3-9-20-15-8-7-14(10-12(15)11-17)21(18,19)16(2)13-5-4-6-13/h7-8,10,13,17H,3-6,9,11H2,1-2H3. The van der Waals surface area contributed by atoms with Crippen LogP contribution in [0.2, 0.25) is 0 Å². The first-order valence-corrected chi connectivity index (χ1v) is 8.79. The zero-order valence-electron chi connectivity index (χ0n) is 12.6. The molecule has 1 N–H and O–H groups in total. The van der Waals surface area contributed by atoms with Crippen molar-refractivity contribution in [1.29, 1.82) is 0 Å². The second-order valence-electron chi connectivity index (χ2n) is 5.38. The first kappa shape index (κ1) is 16.3. The van der Waals surface area contributed by atoms with Crippen LogP contribution in [0.4, 0.5) is 0 Å². The normalized spacial score (nSPS) is 16.0. The molecule has 1 saturated carbocycles. The van der Waals surface area contributed by atoms with Crippen LogP contribution in [0.1, 0.15) is 38.2 Å². The van der Waals surface area contributed by atoms with Crippen molar-refractivity contribution in [2.75, 3.05) is 13.7 Å². The summed E-state index contributed by atoms with van der Waals surface area (Å²) in [5.74, 6) is 0.546. The third-order valence-corrected chi connectivity index (χ3v) is 5.84. The van der Waals surface area contributed by atoms with Crippen LogP contribution in [0.25, 0.3) is 0 Å². The zero-order chi connectivity index (χ0) is 15.5. The van der Waals surface area contributed by atoms with E-state index in [-0.39, 0.29) is 17.5 Å². The van der Waals surface area contributed by atoms with E-state index in [1.54, 1.807) is 19.2 Å². The molecule has 0 heterocycles. The molecule has 0 aliphatic heterocycles. The van der Waals surface area contributed by atoms with Gasteiger partial charge >= 0.3 is 0 Å². The molecule has 0 atom stereocenters. The van der Waals surface area contributed by atoms with Crippen LogP contribution >= 0.6 is 0 Å². The van der Waals surface area contributed by atoms with Gasteiger partial charge in [-0.2, -0.15) is 4.31 Å². The predicted octanol–water partition coefficient (Wildman–Crippen LogP) is 2.14. The molecular formula is C15H23NO4S. The predicted molar refractivity (Wildman–Crippen MR) is 80.7 cm³/mol. The highest BCUT2D eigenvalue weighted by molar-refractivity contribution is 7.89. The molecule has 5 nitrogen and oxygen atoms in total. The number of aliphatic hydroxyl groups excluding tert-OH is 1. The van der Waals surface area contributed by atoms with E-state index in [0.717, 1.165) is 25.7 Å². The van der Waals surface area contributed by atoms with E-state index in [0.29, 0.717) is 17.9 Å². The molecule has 118 valence electrons. The van der Waals surface area contributed by atoms with Gasteiger partial charge in [-0.25, -0.2) is 8.42 Å². The molecule has 1 aromatic rings. The molecule has 1 aromatic carbocycles. The highest BCUT2D eigenvalue weighted by Crippen LogP contribution is 2.30. The van der Waals surface area contributed by atoms with Crippen LogP contribution in [0.3, 0.4) is 0 Å². The number of ether oxygens (including phenoxy) is 1. The Bertz CT molecular complexity index is 581. The van der Waals surface area contributed by atoms with Gasteiger partial charge < -0.3 is 9.84 Å². The third-order valence-electron chi connectivity index (χ3n) is 3.93. The molecule has 1 aliphatic rings. The van der Waals surface area contributed by atoms with Gasteiger partial charge in [-0.15, -0.1) is 0 Å². The van der Waals surface area contributed by atoms with E-state index in [4.69, 9.17) is 4.74 Å². The molecule has 0 aromatic heterocycles. The van der Waals surface area contributed by atoms with Crippen molar-refractivity contribution >= 4 is 10.0 Å². The van der Waals surface area contributed by atoms with Crippen molar-refractivity contribution < 1.29 is 18.3 Å². The SMILES string of the molecule is CCCOc1ccc(S(=O)(=O)N(C)C2CCC2)cc1CO. The molecule has 2 rings (SSSR count). The van der Waals surface area contributed by atoms with Gasteiger partial charge in [0.05, 0.1) is 18.1 Å². The number of hydrogen-bond acceptors (Lipinski definition) is 4. The van der Waals surface area contributed by atoms with Gasteiger partial charge in [-0.1, -0.05) is 13.3 Å². The maximum absolute atomic E-state index is 12.6. The summed E-state index contributed by atoms with van der Waals surface area (Å²) in [7, 11) is -1.88. The fourth-order valence-electron chi connectivity index (χ4n) is 2.31. The molecule has 0 radical (unpaired) electrons. The fourth-order valence-corrected chi connectivity index (χ4v) is 3.77. The van der Waals surface area contributed by atoms with Gasteiger partial charge in [0.15, 0.2) is 0 Å². The molecular weight excluding hydrogens is 290 g/mol. The van der Waals surface area contributed by atoms with E-state index >= 15 is 0 Å². The molecule has 0 amide bonds. The molecule has 21 heavy (non-hydrogen) atoms. The highest BCUT2D eigenvalue weighted by atomic mass is 32.2. The number of nitrogens with zero attached hydrogens (tertiary/aromatic N) is 1. The lowest BCUT2D eigenvalue weighted by molar-refractivity contribution is 0.249. The van der Waals surface area contributed by atoms with Gasteiger partial charge in [0.25, 0.3) is 0 Å². The Morgan fingerprint density at radius 1 is 1.38 bits per heavy atom.